The van der Waals surface area contributed by atoms with Crippen molar-refractivity contribution in [2.45, 2.75) is 32.6 Å². The van der Waals surface area contributed by atoms with Gasteiger partial charge in [-0.3, -0.25) is 4.79 Å². The molecule has 0 radical (unpaired) electrons. The van der Waals surface area contributed by atoms with Gasteiger partial charge in [-0.2, -0.15) is 0 Å². The van der Waals surface area contributed by atoms with Crippen molar-refractivity contribution in [3.8, 4) is 0 Å². The summed E-state index contributed by atoms with van der Waals surface area (Å²) >= 11 is 0. The van der Waals surface area contributed by atoms with E-state index in [9.17, 15) is 4.79 Å². The molecule has 1 aromatic carbocycles. The number of H-pyrrole nitrogens is 1. The van der Waals surface area contributed by atoms with Crippen molar-refractivity contribution in [1.82, 2.24) is 19.9 Å². The molecule has 4 rings (SSSR count). The van der Waals surface area contributed by atoms with Crippen LogP contribution >= 0.6 is 0 Å². The lowest BCUT2D eigenvalue weighted by molar-refractivity contribution is 0.0988. The van der Waals surface area contributed by atoms with Crippen LogP contribution in [-0.2, 0) is 6.42 Å². The van der Waals surface area contributed by atoms with Crippen LogP contribution in [0.5, 0.6) is 0 Å². The molecule has 0 saturated heterocycles. The summed E-state index contributed by atoms with van der Waals surface area (Å²) in [6.07, 6.45) is 7.15. The van der Waals surface area contributed by atoms with Crippen LogP contribution in [0.2, 0.25) is 0 Å². The molecule has 0 spiro atoms. The van der Waals surface area contributed by atoms with Gasteiger partial charge in [0.1, 0.15) is 17.8 Å². The zero-order valence-electron chi connectivity index (χ0n) is 15.0. The molecule has 0 atom stereocenters. The maximum absolute atomic E-state index is 12.7. The Bertz CT molecular complexity index is 915. The van der Waals surface area contributed by atoms with Crippen LogP contribution < -0.4 is 4.90 Å². The first kappa shape index (κ1) is 16.7. The topological polar surface area (TPSA) is 74.8 Å². The molecule has 1 aliphatic rings. The third kappa shape index (κ3) is 3.74. The van der Waals surface area contributed by atoms with E-state index in [1.807, 2.05) is 24.3 Å². The predicted octanol–water partition coefficient (Wildman–Crippen LogP) is 3.40. The van der Waals surface area contributed by atoms with E-state index in [1.54, 1.807) is 6.33 Å². The third-order valence-corrected chi connectivity index (χ3v) is 4.78. The molecular weight excluding hydrogens is 326 g/mol. The van der Waals surface area contributed by atoms with Gasteiger partial charge < -0.3 is 9.88 Å². The fraction of sp³-hybridized carbons (Fsp3) is 0.400. The summed E-state index contributed by atoms with van der Waals surface area (Å²) < 4.78 is 0. The summed E-state index contributed by atoms with van der Waals surface area (Å²) in [5.74, 6) is 1.65. The van der Waals surface area contributed by atoms with Gasteiger partial charge in [-0.1, -0.05) is 13.0 Å². The van der Waals surface area contributed by atoms with Gasteiger partial charge in [-0.15, -0.1) is 0 Å². The summed E-state index contributed by atoms with van der Waals surface area (Å²) in [7, 11) is 0. The second-order valence-corrected chi connectivity index (χ2v) is 7.00. The summed E-state index contributed by atoms with van der Waals surface area (Å²) in [5.41, 5.74) is 3.28. The lowest BCUT2D eigenvalue weighted by Crippen LogP contribution is -2.27. The Labute approximate surface area is 152 Å². The zero-order valence-corrected chi connectivity index (χ0v) is 15.0. The van der Waals surface area contributed by atoms with Crippen molar-refractivity contribution in [1.29, 1.82) is 0 Å². The summed E-state index contributed by atoms with van der Waals surface area (Å²) in [4.78, 5) is 30.9. The number of anilines is 1. The molecule has 0 amide bonds. The number of hydrogen-bond acceptors (Lipinski definition) is 5. The van der Waals surface area contributed by atoms with Crippen molar-refractivity contribution in [3.63, 3.8) is 0 Å². The summed E-state index contributed by atoms with van der Waals surface area (Å²) in [6, 6.07) is 7.69. The minimum Gasteiger partial charge on any atom is -0.356 e. The molecule has 2 aromatic heterocycles. The van der Waals surface area contributed by atoms with Crippen molar-refractivity contribution < 1.29 is 4.79 Å². The highest BCUT2D eigenvalue weighted by Crippen LogP contribution is 2.31. The number of benzene rings is 1. The Kier molecular flexibility index (Phi) is 4.65. The first-order valence-corrected chi connectivity index (χ1v) is 9.25. The lowest BCUT2D eigenvalue weighted by atomic mass is 10.1. The molecule has 1 aliphatic carbocycles. The third-order valence-electron chi connectivity index (χ3n) is 4.78. The quantitative estimate of drug-likeness (QED) is 0.631. The zero-order chi connectivity index (χ0) is 17.9. The number of ketones is 1. The van der Waals surface area contributed by atoms with Gasteiger partial charge >= 0.3 is 0 Å². The van der Waals surface area contributed by atoms with Gasteiger partial charge in [0, 0.05) is 25.6 Å². The number of fused-ring (bicyclic) bond motifs is 1. The van der Waals surface area contributed by atoms with E-state index in [2.05, 4.69) is 31.8 Å². The molecule has 3 aromatic rings. The van der Waals surface area contributed by atoms with E-state index in [-0.39, 0.29) is 5.78 Å². The highest BCUT2D eigenvalue weighted by molar-refractivity contribution is 5.96. The summed E-state index contributed by atoms with van der Waals surface area (Å²) in [5, 5.41) is 0. The number of carbonyl (C=O) groups is 1. The molecular formula is C20H23N5O. The van der Waals surface area contributed by atoms with Crippen molar-refractivity contribution >= 4 is 22.6 Å². The minimum absolute atomic E-state index is 0.00962. The molecule has 134 valence electrons. The Balaban J connectivity index is 1.51. The normalized spacial score (nSPS) is 13.9. The average molecular weight is 349 g/mol. The number of nitrogens with zero attached hydrogens (tertiary/aromatic N) is 4. The Morgan fingerprint density at radius 2 is 2.12 bits per heavy atom. The highest BCUT2D eigenvalue weighted by Gasteiger charge is 2.25. The van der Waals surface area contributed by atoms with Gasteiger partial charge in [0.25, 0.3) is 0 Å². The fourth-order valence-electron chi connectivity index (χ4n) is 3.22. The largest absolute Gasteiger partial charge is 0.356 e. The number of carbonyl (C=O) groups excluding carboxylic acids is 1. The van der Waals surface area contributed by atoms with Gasteiger partial charge in [0.15, 0.2) is 5.78 Å². The Hall–Kier alpha value is -2.76. The van der Waals surface area contributed by atoms with E-state index in [0.29, 0.717) is 12.1 Å². The minimum atomic E-state index is 0.00962. The van der Waals surface area contributed by atoms with E-state index in [1.165, 1.54) is 19.2 Å². The molecule has 2 heterocycles. The second kappa shape index (κ2) is 7.23. The summed E-state index contributed by atoms with van der Waals surface area (Å²) in [6.45, 7) is 4.14. The first-order chi connectivity index (χ1) is 12.7. The van der Waals surface area contributed by atoms with Gasteiger partial charge in [0.2, 0.25) is 0 Å². The highest BCUT2D eigenvalue weighted by atomic mass is 16.1. The molecule has 6 heteroatoms. The van der Waals surface area contributed by atoms with Crippen molar-refractivity contribution in [2.75, 3.05) is 18.0 Å². The number of aromatic amines is 1. The maximum atomic E-state index is 12.7. The molecule has 1 fully saturated rings. The molecule has 0 bridgehead atoms. The van der Waals surface area contributed by atoms with E-state index in [4.69, 9.17) is 0 Å². The molecule has 6 nitrogen and oxygen atoms in total. The van der Waals surface area contributed by atoms with Crippen LogP contribution in [0.25, 0.3) is 11.0 Å². The van der Waals surface area contributed by atoms with Crippen LogP contribution in [0.4, 0.5) is 5.82 Å². The van der Waals surface area contributed by atoms with E-state index >= 15 is 0 Å². The standard InChI is InChI=1S/C20H23N5O/c1-2-7-25(11-14-3-4-14)20-10-18(23-13-24-20)19(26)9-15-5-6-16-17(8-15)22-12-21-16/h5-6,8,10,12-14H,2-4,7,9,11H2,1H3,(H,21,22). The number of rotatable bonds is 8. The number of hydrogen-bond donors (Lipinski definition) is 1. The molecule has 0 aliphatic heterocycles. The monoisotopic (exact) mass is 349 g/mol. The van der Waals surface area contributed by atoms with Gasteiger partial charge in [0.05, 0.1) is 17.4 Å². The van der Waals surface area contributed by atoms with E-state index in [0.717, 1.165) is 47.8 Å². The molecule has 1 N–H and O–H groups in total. The molecule has 1 saturated carbocycles. The fourth-order valence-corrected chi connectivity index (χ4v) is 3.22. The van der Waals surface area contributed by atoms with Crippen LogP contribution in [-0.4, -0.2) is 38.8 Å². The Morgan fingerprint density at radius 1 is 1.23 bits per heavy atom. The average Bonchev–Trinajstić information content (AvgIpc) is 3.35. The van der Waals surface area contributed by atoms with Gasteiger partial charge in [-0.05, 0) is 42.9 Å². The van der Waals surface area contributed by atoms with Crippen LogP contribution in [0, 0.1) is 5.92 Å². The molecule has 0 unspecified atom stereocenters. The molecule has 26 heavy (non-hydrogen) atoms. The maximum Gasteiger partial charge on any atom is 0.185 e. The van der Waals surface area contributed by atoms with Crippen LogP contribution in [0.15, 0.2) is 36.9 Å². The van der Waals surface area contributed by atoms with Gasteiger partial charge in [-0.25, -0.2) is 15.0 Å². The SMILES string of the molecule is CCCN(CC1CC1)c1cc(C(=O)Cc2ccc3nc[nH]c3c2)ncn1. The van der Waals surface area contributed by atoms with Crippen LogP contribution in [0.3, 0.4) is 0 Å². The lowest BCUT2D eigenvalue weighted by Gasteiger charge is -2.23. The van der Waals surface area contributed by atoms with Crippen molar-refractivity contribution in [3.05, 3.63) is 48.2 Å². The first-order valence-electron chi connectivity index (χ1n) is 9.25. The number of Topliss-reactive ketones (excluding diaryl/α,β-unsaturated/α-hetero) is 1. The second-order valence-electron chi connectivity index (χ2n) is 7.00. The van der Waals surface area contributed by atoms with Crippen molar-refractivity contribution in [2.24, 2.45) is 5.92 Å². The Morgan fingerprint density at radius 3 is 2.92 bits per heavy atom. The van der Waals surface area contributed by atoms with E-state index < -0.39 is 0 Å². The van der Waals surface area contributed by atoms with Crippen LogP contribution in [0.1, 0.15) is 42.2 Å². The predicted molar refractivity (Wildman–Crippen MR) is 101 cm³/mol. The number of nitrogens with one attached hydrogen (secondary N) is 1. The number of imidazole rings is 1. The smallest absolute Gasteiger partial charge is 0.185 e. The number of aromatic nitrogens is 4.